The van der Waals surface area contributed by atoms with Crippen molar-refractivity contribution < 1.29 is 0 Å². The molecule has 0 radical (unpaired) electrons. The van der Waals surface area contributed by atoms with Crippen LogP contribution in [0.1, 0.15) is 48.3 Å². The second-order valence-corrected chi connectivity index (χ2v) is 8.60. The lowest BCUT2D eigenvalue weighted by molar-refractivity contribution is 0.0978. The number of H-pyrrole nitrogens is 1. The largest absolute Gasteiger partial charge is 0.357 e. The molecule has 0 amide bonds. The predicted octanol–water partition coefficient (Wildman–Crippen LogP) is 5.29. The number of benzene rings is 2. The third kappa shape index (κ3) is 2.29. The Morgan fingerprint density at radius 2 is 1.78 bits per heavy atom. The van der Waals surface area contributed by atoms with E-state index in [0.29, 0.717) is 18.2 Å². The SMILES string of the molecule is Clc1ccccc1C1N2CCCCC2C2c3[nH]c4ccccc4c3CCN21. The number of aromatic amines is 1. The van der Waals surface area contributed by atoms with Crippen molar-refractivity contribution in [1.29, 1.82) is 0 Å². The van der Waals surface area contributed by atoms with Crippen LogP contribution in [-0.4, -0.2) is 33.9 Å². The van der Waals surface area contributed by atoms with Gasteiger partial charge in [-0.15, -0.1) is 0 Å². The number of aromatic nitrogens is 1. The number of halogens is 1. The van der Waals surface area contributed by atoms with Crippen LogP contribution in [0.15, 0.2) is 48.5 Å². The molecule has 3 unspecified atom stereocenters. The summed E-state index contributed by atoms with van der Waals surface area (Å²) in [7, 11) is 0. The zero-order valence-corrected chi connectivity index (χ0v) is 16.1. The van der Waals surface area contributed by atoms with Crippen molar-refractivity contribution in [2.75, 3.05) is 13.1 Å². The van der Waals surface area contributed by atoms with Crippen LogP contribution in [0.2, 0.25) is 5.02 Å². The van der Waals surface area contributed by atoms with E-state index < -0.39 is 0 Å². The van der Waals surface area contributed by atoms with Gasteiger partial charge in [0.25, 0.3) is 0 Å². The zero-order chi connectivity index (χ0) is 18.0. The molecule has 2 fully saturated rings. The normalized spacial score (nSPS) is 28.1. The molecule has 138 valence electrons. The van der Waals surface area contributed by atoms with Crippen LogP contribution in [0, 0.1) is 0 Å². The van der Waals surface area contributed by atoms with Crippen molar-refractivity contribution in [3.05, 3.63) is 70.4 Å². The predicted molar refractivity (Wildman–Crippen MR) is 110 cm³/mol. The van der Waals surface area contributed by atoms with Crippen LogP contribution in [-0.2, 0) is 6.42 Å². The molecular weight excluding hydrogens is 354 g/mol. The maximum Gasteiger partial charge on any atom is 0.0910 e. The fraction of sp³-hybridized carbons (Fsp3) is 0.391. The minimum Gasteiger partial charge on any atom is -0.357 e. The summed E-state index contributed by atoms with van der Waals surface area (Å²) in [4.78, 5) is 9.26. The number of hydrogen-bond acceptors (Lipinski definition) is 2. The van der Waals surface area contributed by atoms with Crippen LogP contribution >= 0.6 is 11.6 Å². The number of fused-ring (bicyclic) bond motifs is 7. The molecule has 0 saturated carbocycles. The van der Waals surface area contributed by atoms with E-state index >= 15 is 0 Å². The first-order valence-electron chi connectivity index (χ1n) is 10.2. The lowest BCUT2D eigenvalue weighted by Gasteiger charge is -2.35. The van der Waals surface area contributed by atoms with Crippen LogP contribution in [0.25, 0.3) is 10.9 Å². The minimum absolute atomic E-state index is 0.300. The molecular formula is C23H24ClN3. The highest BCUT2D eigenvalue weighted by Crippen LogP contribution is 2.52. The zero-order valence-electron chi connectivity index (χ0n) is 15.4. The monoisotopic (exact) mass is 377 g/mol. The van der Waals surface area contributed by atoms with Crippen LogP contribution < -0.4 is 0 Å². The van der Waals surface area contributed by atoms with Crippen molar-refractivity contribution in [2.24, 2.45) is 0 Å². The summed E-state index contributed by atoms with van der Waals surface area (Å²) in [6.45, 7) is 2.27. The molecule has 1 N–H and O–H groups in total. The standard InChI is InChI=1S/C23H24ClN3/c24-18-9-3-1-8-17(18)23-26-13-6-5-11-20(26)22-21-16(12-14-27(22)23)15-7-2-4-10-19(15)25-21/h1-4,7-10,20,22-23,25H,5-6,11-14H2. The van der Waals surface area contributed by atoms with E-state index in [2.05, 4.69) is 51.2 Å². The lowest BCUT2D eigenvalue weighted by Crippen LogP contribution is -2.38. The molecule has 3 atom stereocenters. The molecule has 2 aromatic carbocycles. The second-order valence-electron chi connectivity index (χ2n) is 8.19. The highest BCUT2D eigenvalue weighted by Gasteiger charge is 2.51. The van der Waals surface area contributed by atoms with Crippen LogP contribution in [0.3, 0.4) is 0 Å². The average molecular weight is 378 g/mol. The molecule has 3 nitrogen and oxygen atoms in total. The summed E-state index contributed by atoms with van der Waals surface area (Å²) in [5.74, 6) is 0. The van der Waals surface area contributed by atoms with Gasteiger partial charge in [-0.2, -0.15) is 0 Å². The van der Waals surface area contributed by atoms with Crippen molar-refractivity contribution in [1.82, 2.24) is 14.8 Å². The summed E-state index contributed by atoms with van der Waals surface area (Å²) < 4.78 is 0. The Kier molecular flexibility index (Phi) is 3.65. The number of rotatable bonds is 1. The highest BCUT2D eigenvalue weighted by molar-refractivity contribution is 6.31. The molecule has 0 aliphatic carbocycles. The van der Waals surface area contributed by atoms with Gasteiger partial charge in [-0.1, -0.05) is 54.4 Å². The first-order chi connectivity index (χ1) is 13.3. The minimum atomic E-state index is 0.300. The molecule has 0 spiro atoms. The van der Waals surface area contributed by atoms with Gasteiger partial charge in [0.2, 0.25) is 0 Å². The smallest absolute Gasteiger partial charge is 0.0910 e. The first kappa shape index (κ1) is 16.2. The molecule has 4 heterocycles. The Balaban J connectivity index is 1.52. The van der Waals surface area contributed by atoms with Gasteiger partial charge in [0.15, 0.2) is 0 Å². The maximum absolute atomic E-state index is 6.67. The second kappa shape index (κ2) is 6.10. The van der Waals surface area contributed by atoms with Gasteiger partial charge < -0.3 is 4.98 Å². The van der Waals surface area contributed by atoms with Crippen molar-refractivity contribution in [3.8, 4) is 0 Å². The Morgan fingerprint density at radius 1 is 0.926 bits per heavy atom. The lowest BCUT2D eigenvalue weighted by atomic mass is 9.90. The fourth-order valence-corrected chi connectivity index (χ4v) is 6.06. The van der Waals surface area contributed by atoms with Gasteiger partial charge in [-0.3, -0.25) is 9.80 Å². The van der Waals surface area contributed by atoms with Gasteiger partial charge in [0, 0.05) is 46.3 Å². The van der Waals surface area contributed by atoms with Crippen LogP contribution in [0.5, 0.6) is 0 Å². The molecule has 3 aromatic rings. The fourth-order valence-electron chi connectivity index (χ4n) is 5.83. The van der Waals surface area contributed by atoms with Crippen molar-refractivity contribution in [2.45, 2.75) is 43.9 Å². The summed E-state index contributed by atoms with van der Waals surface area (Å²) in [5.41, 5.74) is 5.55. The van der Waals surface area contributed by atoms with E-state index in [0.717, 1.165) is 18.0 Å². The van der Waals surface area contributed by atoms with Crippen LogP contribution in [0.4, 0.5) is 0 Å². The number of hydrogen-bond donors (Lipinski definition) is 1. The van der Waals surface area contributed by atoms with Crippen molar-refractivity contribution in [3.63, 3.8) is 0 Å². The van der Waals surface area contributed by atoms with Gasteiger partial charge in [-0.05, 0) is 37.0 Å². The Hall–Kier alpha value is -1.81. The molecule has 27 heavy (non-hydrogen) atoms. The summed E-state index contributed by atoms with van der Waals surface area (Å²) >= 11 is 6.67. The van der Waals surface area contributed by atoms with E-state index in [1.807, 2.05) is 12.1 Å². The van der Waals surface area contributed by atoms with E-state index in [9.17, 15) is 0 Å². The summed E-state index contributed by atoms with van der Waals surface area (Å²) in [6.07, 6.45) is 5.30. The average Bonchev–Trinajstić information content (AvgIpc) is 3.24. The van der Waals surface area contributed by atoms with Gasteiger partial charge in [0.1, 0.15) is 0 Å². The molecule has 3 aliphatic rings. The summed E-state index contributed by atoms with van der Waals surface area (Å²) in [5, 5.41) is 2.31. The molecule has 4 heteroatoms. The topological polar surface area (TPSA) is 22.3 Å². The van der Waals surface area contributed by atoms with E-state index in [1.54, 1.807) is 0 Å². The van der Waals surface area contributed by atoms with Gasteiger partial charge in [0.05, 0.1) is 12.2 Å². The number of para-hydroxylation sites is 1. The molecule has 0 bridgehead atoms. The Labute approximate surface area is 164 Å². The number of nitrogens with zero attached hydrogens (tertiary/aromatic N) is 2. The van der Waals surface area contributed by atoms with E-state index in [1.165, 1.54) is 53.5 Å². The highest BCUT2D eigenvalue weighted by atomic mass is 35.5. The number of nitrogens with one attached hydrogen (secondary N) is 1. The number of piperidine rings is 1. The molecule has 6 rings (SSSR count). The first-order valence-corrected chi connectivity index (χ1v) is 10.6. The molecule has 3 aliphatic heterocycles. The Morgan fingerprint density at radius 3 is 2.70 bits per heavy atom. The molecule has 2 saturated heterocycles. The quantitative estimate of drug-likeness (QED) is 0.622. The third-order valence-electron chi connectivity index (χ3n) is 6.89. The van der Waals surface area contributed by atoms with E-state index in [-0.39, 0.29) is 0 Å². The maximum atomic E-state index is 6.67. The summed E-state index contributed by atoms with van der Waals surface area (Å²) in [6, 6.07) is 18.3. The van der Waals surface area contributed by atoms with Gasteiger partial charge >= 0.3 is 0 Å². The third-order valence-corrected chi connectivity index (χ3v) is 7.23. The Bertz CT molecular complexity index is 1010. The molecule has 1 aromatic heterocycles. The van der Waals surface area contributed by atoms with Gasteiger partial charge in [-0.25, -0.2) is 0 Å². The van der Waals surface area contributed by atoms with Crippen molar-refractivity contribution >= 4 is 22.5 Å². The van der Waals surface area contributed by atoms with E-state index in [4.69, 9.17) is 11.6 Å².